The lowest BCUT2D eigenvalue weighted by molar-refractivity contribution is -0.137. The van der Waals surface area contributed by atoms with Gasteiger partial charge in [-0.1, -0.05) is 5.21 Å². The quantitative estimate of drug-likeness (QED) is 0.886. The molecule has 2 N–H and O–H groups in total. The first-order valence-electron chi connectivity index (χ1n) is 5.14. The van der Waals surface area contributed by atoms with Crippen LogP contribution in [-0.4, -0.2) is 20.6 Å². The van der Waals surface area contributed by atoms with Gasteiger partial charge in [0.15, 0.2) is 5.82 Å². The number of tetrazole rings is 1. The van der Waals surface area contributed by atoms with Crippen molar-refractivity contribution in [3.8, 4) is 0 Å². The summed E-state index contributed by atoms with van der Waals surface area (Å²) in [4.78, 5) is 0. The van der Waals surface area contributed by atoms with Crippen molar-refractivity contribution in [3.63, 3.8) is 0 Å². The molecule has 8 heteroatoms. The summed E-state index contributed by atoms with van der Waals surface area (Å²) >= 11 is 0. The highest BCUT2D eigenvalue weighted by Crippen LogP contribution is 2.30. The molecule has 1 atom stereocenters. The largest absolute Gasteiger partial charge is 0.416 e. The molecule has 0 spiro atoms. The fraction of sp³-hybridized carbons (Fsp3) is 0.300. The molecule has 5 nitrogen and oxygen atoms in total. The zero-order valence-electron chi connectivity index (χ0n) is 9.36. The van der Waals surface area contributed by atoms with Crippen LogP contribution in [0, 0.1) is 0 Å². The maximum atomic E-state index is 12.4. The molecule has 2 rings (SSSR count). The van der Waals surface area contributed by atoms with E-state index < -0.39 is 11.7 Å². The number of hydrogen-bond donors (Lipinski definition) is 2. The standard InChI is InChI=1S/C10H10F3N5/c1-6(9-15-17-18-16-9)14-8-4-2-7(3-5-8)10(11,12)13/h2-6,14H,1H3,(H,15,16,17,18). The van der Waals surface area contributed by atoms with E-state index in [1.807, 2.05) is 0 Å². The van der Waals surface area contributed by atoms with Crippen molar-refractivity contribution in [3.05, 3.63) is 35.7 Å². The number of benzene rings is 1. The van der Waals surface area contributed by atoms with Gasteiger partial charge in [-0.25, -0.2) is 0 Å². The van der Waals surface area contributed by atoms with E-state index in [1.165, 1.54) is 12.1 Å². The lowest BCUT2D eigenvalue weighted by atomic mass is 10.2. The Labute approximate surface area is 100 Å². The van der Waals surface area contributed by atoms with Gasteiger partial charge < -0.3 is 5.32 Å². The van der Waals surface area contributed by atoms with Crippen LogP contribution in [0.25, 0.3) is 0 Å². The van der Waals surface area contributed by atoms with Crippen molar-refractivity contribution in [1.29, 1.82) is 0 Å². The molecule has 0 amide bonds. The number of aromatic nitrogens is 4. The zero-order chi connectivity index (χ0) is 13.2. The lowest BCUT2D eigenvalue weighted by Crippen LogP contribution is -2.09. The van der Waals surface area contributed by atoms with Crippen LogP contribution < -0.4 is 5.32 Å². The Bertz CT molecular complexity index is 491. The zero-order valence-corrected chi connectivity index (χ0v) is 9.36. The van der Waals surface area contributed by atoms with Crippen LogP contribution in [0.3, 0.4) is 0 Å². The number of rotatable bonds is 3. The van der Waals surface area contributed by atoms with E-state index in [0.29, 0.717) is 11.5 Å². The Morgan fingerprint density at radius 2 is 1.89 bits per heavy atom. The minimum Gasteiger partial charge on any atom is -0.375 e. The van der Waals surface area contributed by atoms with Gasteiger partial charge in [0.05, 0.1) is 11.6 Å². The summed E-state index contributed by atoms with van der Waals surface area (Å²) in [6.45, 7) is 1.78. The number of halogens is 3. The molecule has 0 saturated heterocycles. The van der Waals surface area contributed by atoms with Crippen molar-refractivity contribution in [1.82, 2.24) is 20.6 Å². The molecule has 1 heterocycles. The Morgan fingerprint density at radius 3 is 2.39 bits per heavy atom. The molecule has 0 saturated carbocycles. The predicted octanol–water partition coefficient (Wildman–Crippen LogP) is 2.39. The molecular formula is C10H10F3N5. The number of alkyl halides is 3. The Hall–Kier alpha value is -2.12. The van der Waals surface area contributed by atoms with Crippen LogP contribution in [0.15, 0.2) is 24.3 Å². The highest BCUT2D eigenvalue weighted by atomic mass is 19.4. The first-order valence-corrected chi connectivity index (χ1v) is 5.14. The van der Waals surface area contributed by atoms with E-state index in [2.05, 4.69) is 25.9 Å². The molecule has 0 bridgehead atoms. The third-order valence-electron chi connectivity index (χ3n) is 2.34. The molecule has 1 aromatic carbocycles. The van der Waals surface area contributed by atoms with Gasteiger partial charge in [-0.15, -0.1) is 10.2 Å². The monoisotopic (exact) mass is 257 g/mol. The van der Waals surface area contributed by atoms with Crippen LogP contribution >= 0.6 is 0 Å². The number of anilines is 1. The molecule has 2 aromatic rings. The first-order chi connectivity index (χ1) is 8.47. The smallest absolute Gasteiger partial charge is 0.375 e. The number of nitrogens with zero attached hydrogens (tertiary/aromatic N) is 3. The van der Waals surface area contributed by atoms with E-state index in [1.54, 1.807) is 6.92 Å². The van der Waals surface area contributed by atoms with Gasteiger partial charge in [-0.3, -0.25) is 0 Å². The van der Waals surface area contributed by atoms with Crippen LogP contribution in [-0.2, 0) is 6.18 Å². The molecule has 18 heavy (non-hydrogen) atoms. The normalized spacial score (nSPS) is 13.3. The minimum atomic E-state index is -4.32. The van der Waals surface area contributed by atoms with Crippen LogP contribution in [0.4, 0.5) is 18.9 Å². The summed E-state index contributed by atoms with van der Waals surface area (Å²) in [5, 5.41) is 16.2. The summed E-state index contributed by atoms with van der Waals surface area (Å²) in [5.74, 6) is 0.440. The first kappa shape index (κ1) is 12.3. The average Bonchev–Trinajstić information content (AvgIpc) is 2.82. The Morgan fingerprint density at radius 1 is 1.22 bits per heavy atom. The second kappa shape index (κ2) is 4.63. The van der Waals surface area contributed by atoms with Crippen molar-refractivity contribution < 1.29 is 13.2 Å². The highest BCUT2D eigenvalue weighted by Gasteiger charge is 2.29. The van der Waals surface area contributed by atoms with E-state index in [4.69, 9.17) is 0 Å². The maximum absolute atomic E-state index is 12.4. The number of hydrogen-bond acceptors (Lipinski definition) is 4. The highest BCUT2D eigenvalue weighted by molar-refractivity contribution is 5.46. The molecule has 1 unspecified atom stereocenters. The summed E-state index contributed by atoms with van der Waals surface area (Å²) < 4.78 is 37.1. The molecule has 0 aliphatic rings. The van der Waals surface area contributed by atoms with E-state index in [0.717, 1.165) is 12.1 Å². The summed E-state index contributed by atoms with van der Waals surface area (Å²) in [7, 11) is 0. The maximum Gasteiger partial charge on any atom is 0.416 e. The number of aromatic amines is 1. The van der Waals surface area contributed by atoms with Gasteiger partial charge in [-0.05, 0) is 31.2 Å². The van der Waals surface area contributed by atoms with Crippen LogP contribution in [0.2, 0.25) is 0 Å². The van der Waals surface area contributed by atoms with Gasteiger partial charge in [0.25, 0.3) is 0 Å². The second-order valence-corrected chi connectivity index (χ2v) is 3.71. The molecule has 1 aromatic heterocycles. The second-order valence-electron chi connectivity index (χ2n) is 3.71. The fourth-order valence-corrected chi connectivity index (χ4v) is 1.42. The number of nitrogens with one attached hydrogen (secondary N) is 2. The third kappa shape index (κ3) is 2.76. The Kier molecular flexibility index (Phi) is 3.17. The summed E-state index contributed by atoms with van der Waals surface area (Å²) in [5.41, 5.74) is -0.124. The van der Waals surface area contributed by atoms with E-state index in [9.17, 15) is 13.2 Å². The van der Waals surface area contributed by atoms with Crippen molar-refractivity contribution in [2.24, 2.45) is 0 Å². The molecular weight excluding hydrogens is 247 g/mol. The van der Waals surface area contributed by atoms with Gasteiger partial charge in [-0.2, -0.15) is 18.4 Å². The van der Waals surface area contributed by atoms with Gasteiger partial charge >= 0.3 is 6.18 Å². The topological polar surface area (TPSA) is 66.5 Å². The SMILES string of the molecule is CC(Nc1ccc(C(F)(F)F)cc1)c1nn[nH]n1. The molecule has 96 valence electrons. The predicted molar refractivity (Wildman–Crippen MR) is 57.7 cm³/mol. The van der Waals surface area contributed by atoms with Gasteiger partial charge in [0.1, 0.15) is 0 Å². The van der Waals surface area contributed by atoms with Crippen molar-refractivity contribution >= 4 is 5.69 Å². The Balaban J connectivity index is 2.07. The van der Waals surface area contributed by atoms with Crippen LogP contribution in [0.1, 0.15) is 24.4 Å². The molecule has 0 fully saturated rings. The van der Waals surface area contributed by atoms with Gasteiger partial charge in [0, 0.05) is 5.69 Å². The summed E-state index contributed by atoms with van der Waals surface area (Å²) in [6, 6.07) is 4.51. The van der Waals surface area contributed by atoms with E-state index >= 15 is 0 Å². The molecule has 0 aliphatic carbocycles. The van der Waals surface area contributed by atoms with Crippen molar-refractivity contribution in [2.75, 3.05) is 5.32 Å². The average molecular weight is 257 g/mol. The third-order valence-corrected chi connectivity index (χ3v) is 2.34. The molecule has 0 aliphatic heterocycles. The van der Waals surface area contributed by atoms with Crippen molar-refractivity contribution in [2.45, 2.75) is 19.1 Å². The number of H-pyrrole nitrogens is 1. The van der Waals surface area contributed by atoms with E-state index in [-0.39, 0.29) is 6.04 Å². The molecule has 0 radical (unpaired) electrons. The van der Waals surface area contributed by atoms with Gasteiger partial charge in [0.2, 0.25) is 0 Å². The fourth-order valence-electron chi connectivity index (χ4n) is 1.42. The lowest BCUT2D eigenvalue weighted by Gasteiger charge is -2.12. The minimum absolute atomic E-state index is 0.250. The van der Waals surface area contributed by atoms with Crippen LogP contribution in [0.5, 0.6) is 0 Å². The summed E-state index contributed by atoms with van der Waals surface area (Å²) in [6.07, 6.45) is -4.32.